The second kappa shape index (κ2) is 5.63. The van der Waals surface area contributed by atoms with Crippen LogP contribution in [0.25, 0.3) is 0 Å². The molecule has 0 aliphatic rings. The average molecular weight is 316 g/mol. The lowest BCUT2D eigenvalue weighted by Crippen LogP contribution is -2.18. The second-order valence-electron chi connectivity index (χ2n) is 3.98. The first-order valence-electron chi connectivity index (χ1n) is 5.49. The van der Waals surface area contributed by atoms with Gasteiger partial charge in [0, 0.05) is 6.04 Å². The number of halogens is 3. The third-order valence-corrected chi connectivity index (χ3v) is 3.08. The first kappa shape index (κ1) is 13.2. The maximum absolute atomic E-state index is 13.1. The molecule has 0 fully saturated rings. The molecule has 18 heavy (non-hydrogen) atoms. The van der Waals surface area contributed by atoms with Gasteiger partial charge in [0.25, 0.3) is 0 Å². The van der Waals surface area contributed by atoms with Crippen molar-refractivity contribution in [3.05, 3.63) is 58.0 Å². The van der Waals surface area contributed by atoms with E-state index in [4.69, 9.17) is 4.42 Å². The summed E-state index contributed by atoms with van der Waals surface area (Å²) in [4.78, 5) is 0. The number of hydrogen-bond donors (Lipinski definition) is 1. The zero-order valence-corrected chi connectivity index (χ0v) is 11.3. The van der Waals surface area contributed by atoms with Crippen LogP contribution >= 0.6 is 15.9 Å². The summed E-state index contributed by atoms with van der Waals surface area (Å²) in [6, 6.07) is 7.45. The van der Waals surface area contributed by atoms with Crippen molar-refractivity contribution in [3.63, 3.8) is 0 Å². The highest BCUT2D eigenvalue weighted by Crippen LogP contribution is 2.18. The second-order valence-corrected chi connectivity index (χ2v) is 4.76. The molecular weight excluding hydrogens is 304 g/mol. The van der Waals surface area contributed by atoms with E-state index in [0.717, 1.165) is 11.8 Å². The minimum atomic E-state index is -0.832. The van der Waals surface area contributed by atoms with Gasteiger partial charge in [-0.1, -0.05) is 6.07 Å². The van der Waals surface area contributed by atoms with E-state index in [1.54, 1.807) is 12.1 Å². The molecule has 1 aromatic carbocycles. The molecule has 0 saturated carbocycles. The molecule has 1 N–H and O–H groups in total. The Balaban J connectivity index is 1.99. The number of nitrogens with one attached hydrogen (secondary N) is 1. The molecule has 0 saturated heterocycles. The van der Waals surface area contributed by atoms with Crippen molar-refractivity contribution in [2.24, 2.45) is 0 Å². The fourth-order valence-corrected chi connectivity index (χ4v) is 1.94. The molecule has 1 aromatic heterocycles. The maximum Gasteiger partial charge on any atom is 0.169 e. The van der Waals surface area contributed by atoms with Crippen LogP contribution in [-0.2, 0) is 6.54 Å². The fourth-order valence-electron chi connectivity index (χ4n) is 1.60. The van der Waals surface area contributed by atoms with Crippen LogP contribution in [0, 0.1) is 11.6 Å². The lowest BCUT2D eigenvalue weighted by atomic mass is 10.1. The van der Waals surface area contributed by atoms with Gasteiger partial charge in [-0.15, -0.1) is 0 Å². The molecule has 2 aromatic rings. The SMILES string of the molecule is CC(NCc1ccc(Br)o1)c1ccc(F)c(F)c1. The van der Waals surface area contributed by atoms with Gasteiger partial charge < -0.3 is 9.73 Å². The van der Waals surface area contributed by atoms with Crippen LogP contribution in [0.3, 0.4) is 0 Å². The molecule has 2 rings (SSSR count). The maximum atomic E-state index is 13.1. The molecule has 0 radical (unpaired) electrons. The van der Waals surface area contributed by atoms with Gasteiger partial charge in [0.05, 0.1) is 6.54 Å². The fraction of sp³-hybridized carbons (Fsp3) is 0.231. The van der Waals surface area contributed by atoms with Gasteiger partial charge in [0.15, 0.2) is 16.3 Å². The van der Waals surface area contributed by atoms with E-state index in [2.05, 4.69) is 21.2 Å². The smallest absolute Gasteiger partial charge is 0.169 e. The Labute approximate surface area is 112 Å². The Bertz CT molecular complexity index is 542. The Hall–Kier alpha value is -1.20. The Morgan fingerprint density at radius 1 is 1.22 bits per heavy atom. The van der Waals surface area contributed by atoms with E-state index in [1.807, 2.05) is 13.0 Å². The standard InChI is InChI=1S/C13H12BrF2NO/c1-8(9-2-4-11(15)12(16)6-9)17-7-10-3-5-13(14)18-10/h2-6,8,17H,7H2,1H3. The number of hydrogen-bond acceptors (Lipinski definition) is 2. The zero-order valence-electron chi connectivity index (χ0n) is 9.71. The molecular formula is C13H12BrF2NO. The van der Waals surface area contributed by atoms with Crippen molar-refractivity contribution >= 4 is 15.9 Å². The lowest BCUT2D eigenvalue weighted by Gasteiger charge is -2.13. The van der Waals surface area contributed by atoms with Gasteiger partial charge in [-0.3, -0.25) is 0 Å². The minimum Gasteiger partial charge on any atom is -0.453 e. The molecule has 0 amide bonds. The quantitative estimate of drug-likeness (QED) is 0.916. The van der Waals surface area contributed by atoms with E-state index in [9.17, 15) is 8.78 Å². The van der Waals surface area contributed by atoms with Crippen LogP contribution in [0.1, 0.15) is 24.3 Å². The summed E-state index contributed by atoms with van der Waals surface area (Å²) in [5, 5.41) is 3.17. The Morgan fingerprint density at radius 3 is 2.61 bits per heavy atom. The third kappa shape index (κ3) is 3.17. The van der Waals surface area contributed by atoms with Gasteiger partial charge in [-0.25, -0.2) is 8.78 Å². The predicted octanol–water partition coefficient (Wildman–Crippen LogP) is 4.17. The highest BCUT2D eigenvalue weighted by molar-refractivity contribution is 9.10. The molecule has 0 spiro atoms. The first-order valence-corrected chi connectivity index (χ1v) is 6.28. The molecule has 1 atom stereocenters. The predicted molar refractivity (Wildman–Crippen MR) is 68.0 cm³/mol. The monoisotopic (exact) mass is 315 g/mol. The minimum absolute atomic E-state index is 0.0935. The summed E-state index contributed by atoms with van der Waals surface area (Å²) in [7, 11) is 0. The molecule has 1 heterocycles. The number of benzene rings is 1. The molecule has 96 valence electrons. The average Bonchev–Trinajstić information content (AvgIpc) is 2.75. The summed E-state index contributed by atoms with van der Waals surface area (Å²) in [5.74, 6) is -0.890. The third-order valence-electron chi connectivity index (χ3n) is 2.65. The van der Waals surface area contributed by atoms with Crippen molar-refractivity contribution in [2.45, 2.75) is 19.5 Å². The van der Waals surface area contributed by atoms with Gasteiger partial charge in [-0.05, 0) is 52.7 Å². The lowest BCUT2D eigenvalue weighted by molar-refractivity contribution is 0.445. The Kier molecular flexibility index (Phi) is 4.14. The number of furan rings is 1. The van der Waals surface area contributed by atoms with Gasteiger partial charge in [0.2, 0.25) is 0 Å². The highest BCUT2D eigenvalue weighted by atomic mass is 79.9. The van der Waals surface area contributed by atoms with Crippen LogP contribution in [-0.4, -0.2) is 0 Å². The summed E-state index contributed by atoms with van der Waals surface area (Å²) >= 11 is 3.22. The topological polar surface area (TPSA) is 25.2 Å². The van der Waals surface area contributed by atoms with Crippen LogP contribution in [0.15, 0.2) is 39.4 Å². The summed E-state index contributed by atoms with van der Waals surface area (Å²) in [6.45, 7) is 2.40. The number of rotatable bonds is 4. The van der Waals surface area contributed by atoms with Gasteiger partial charge in [-0.2, -0.15) is 0 Å². The van der Waals surface area contributed by atoms with E-state index >= 15 is 0 Å². The van der Waals surface area contributed by atoms with E-state index in [0.29, 0.717) is 16.8 Å². The van der Waals surface area contributed by atoms with E-state index in [-0.39, 0.29) is 6.04 Å². The summed E-state index contributed by atoms with van der Waals surface area (Å²) in [5.41, 5.74) is 0.694. The molecule has 0 bridgehead atoms. The van der Waals surface area contributed by atoms with Crippen molar-refractivity contribution in [3.8, 4) is 0 Å². The van der Waals surface area contributed by atoms with Crippen molar-refractivity contribution in [1.29, 1.82) is 0 Å². The molecule has 1 unspecified atom stereocenters. The van der Waals surface area contributed by atoms with Crippen molar-refractivity contribution in [2.75, 3.05) is 0 Å². The molecule has 0 aliphatic carbocycles. The van der Waals surface area contributed by atoms with Crippen LogP contribution in [0.4, 0.5) is 8.78 Å². The largest absolute Gasteiger partial charge is 0.453 e. The molecule has 2 nitrogen and oxygen atoms in total. The molecule has 0 aliphatic heterocycles. The van der Waals surface area contributed by atoms with Crippen LogP contribution < -0.4 is 5.32 Å². The van der Waals surface area contributed by atoms with Gasteiger partial charge >= 0.3 is 0 Å². The van der Waals surface area contributed by atoms with Crippen LogP contribution in [0.2, 0.25) is 0 Å². The van der Waals surface area contributed by atoms with Crippen LogP contribution in [0.5, 0.6) is 0 Å². The van der Waals surface area contributed by atoms with E-state index < -0.39 is 11.6 Å². The highest BCUT2D eigenvalue weighted by Gasteiger charge is 2.09. The molecule has 5 heteroatoms. The first-order chi connectivity index (χ1) is 8.56. The normalized spacial score (nSPS) is 12.7. The zero-order chi connectivity index (χ0) is 13.1. The Morgan fingerprint density at radius 2 is 2.00 bits per heavy atom. The summed E-state index contributed by atoms with van der Waals surface area (Å²) in [6.07, 6.45) is 0. The van der Waals surface area contributed by atoms with Gasteiger partial charge in [0.1, 0.15) is 5.76 Å². The summed E-state index contributed by atoms with van der Waals surface area (Å²) < 4.78 is 31.9. The van der Waals surface area contributed by atoms with Crippen molar-refractivity contribution < 1.29 is 13.2 Å². The van der Waals surface area contributed by atoms with E-state index in [1.165, 1.54) is 6.07 Å². The van der Waals surface area contributed by atoms with Crippen molar-refractivity contribution in [1.82, 2.24) is 5.32 Å².